The van der Waals surface area contributed by atoms with Crippen molar-refractivity contribution in [3.8, 4) is 11.1 Å². The molecule has 1 saturated heterocycles. The van der Waals surface area contributed by atoms with E-state index in [1.54, 1.807) is 0 Å². The number of rotatable bonds is 7. The Kier molecular flexibility index (Phi) is 6.81. The predicted octanol–water partition coefficient (Wildman–Crippen LogP) is 2.70. The summed E-state index contributed by atoms with van der Waals surface area (Å²) in [5, 5.41) is 10.4. The Morgan fingerprint density at radius 1 is 1.09 bits per heavy atom. The highest BCUT2D eigenvalue weighted by molar-refractivity contribution is 5.98. The fourth-order valence-electron chi connectivity index (χ4n) is 4.17. The van der Waals surface area contributed by atoms with Gasteiger partial charge in [-0.05, 0) is 42.5 Å². The molecule has 4 rings (SSSR count). The molecule has 6 N–H and O–H groups in total. The second kappa shape index (κ2) is 9.77. The summed E-state index contributed by atoms with van der Waals surface area (Å²) in [6.07, 6.45) is 0.753. The first-order chi connectivity index (χ1) is 15.8. The van der Waals surface area contributed by atoms with Crippen molar-refractivity contribution in [3.63, 3.8) is 0 Å². The lowest BCUT2D eigenvalue weighted by atomic mass is 10.0. The van der Waals surface area contributed by atoms with E-state index >= 15 is 0 Å². The standard InChI is InChI=1S/C26H33N5O2/c1-15(2)24(27)26(33)30-21-12-20(28-14-21)13-29-25(32)23-11-19-9-8-18(10-22(19)31-23)17-6-4-16(3)5-7-17/h4-11,15,20-21,24,28,31H,12-14,27H2,1-3H3,(H,29,32)(H,30,33)/t20-,21?,24+/m0/s1. The second-order valence-corrected chi connectivity index (χ2v) is 9.38. The van der Waals surface area contributed by atoms with Crippen molar-refractivity contribution >= 4 is 22.7 Å². The molecule has 0 spiro atoms. The number of hydrogen-bond donors (Lipinski definition) is 5. The number of nitrogens with two attached hydrogens (primary N) is 1. The van der Waals surface area contributed by atoms with Crippen LogP contribution in [0.1, 0.15) is 36.3 Å². The van der Waals surface area contributed by atoms with Crippen LogP contribution in [-0.2, 0) is 4.79 Å². The minimum atomic E-state index is -0.503. The van der Waals surface area contributed by atoms with Crippen LogP contribution in [0.15, 0.2) is 48.5 Å². The molecule has 1 fully saturated rings. The molecule has 2 amide bonds. The van der Waals surface area contributed by atoms with E-state index in [2.05, 4.69) is 64.3 Å². The number of H-pyrrole nitrogens is 1. The Balaban J connectivity index is 1.33. The maximum absolute atomic E-state index is 12.7. The van der Waals surface area contributed by atoms with E-state index < -0.39 is 6.04 Å². The normalized spacial score (nSPS) is 19.1. The number of fused-ring (bicyclic) bond motifs is 1. The van der Waals surface area contributed by atoms with Gasteiger partial charge in [0.1, 0.15) is 5.69 Å². The van der Waals surface area contributed by atoms with Crippen LogP contribution < -0.4 is 21.7 Å². The molecule has 1 unspecified atom stereocenters. The smallest absolute Gasteiger partial charge is 0.267 e. The fourth-order valence-corrected chi connectivity index (χ4v) is 4.17. The highest BCUT2D eigenvalue weighted by Gasteiger charge is 2.28. The number of aromatic nitrogens is 1. The Morgan fingerprint density at radius 3 is 2.55 bits per heavy atom. The summed E-state index contributed by atoms with van der Waals surface area (Å²) >= 11 is 0. The molecule has 3 atom stereocenters. The van der Waals surface area contributed by atoms with Gasteiger partial charge in [-0.25, -0.2) is 0 Å². The summed E-state index contributed by atoms with van der Waals surface area (Å²) in [5.74, 6) is -0.164. The number of hydrogen-bond acceptors (Lipinski definition) is 4. The van der Waals surface area contributed by atoms with Crippen molar-refractivity contribution < 1.29 is 9.59 Å². The molecule has 0 aliphatic carbocycles. The molecule has 0 radical (unpaired) electrons. The van der Waals surface area contributed by atoms with Gasteiger partial charge in [-0.15, -0.1) is 0 Å². The molecule has 1 aliphatic heterocycles. The fraction of sp³-hybridized carbons (Fsp3) is 0.385. The number of aromatic amines is 1. The Labute approximate surface area is 194 Å². The molecule has 7 nitrogen and oxygen atoms in total. The van der Waals surface area contributed by atoms with Crippen LogP contribution in [0.5, 0.6) is 0 Å². The average molecular weight is 448 g/mol. The van der Waals surface area contributed by atoms with Crippen molar-refractivity contribution in [2.24, 2.45) is 11.7 Å². The minimum Gasteiger partial charge on any atom is -0.351 e. The predicted molar refractivity (Wildman–Crippen MR) is 132 cm³/mol. The van der Waals surface area contributed by atoms with E-state index in [0.29, 0.717) is 18.8 Å². The molecule has 1 aliphatic rings. The first-order valence-corrected chi connectivity index (χ1v) is 11.6. The molecule has 0 saturated carbocycles. The van der Waals surface area contributed by atoms with Gasteiger partial charge in [0.2, 0.25) is 5.91 Å². The van der Waals surface area contributed by atoms with Crippen LogP contribution in [0.4, 0.5) is 0 Å². The van der Waals surface area contributed by atoms with Crippen LogP contribution >= 0.6 is 0 Å². The first kappa shape index (κ1) is 23.0. The van der Waals surface area contributed by atoms with Gasteiger partial charge < -0.3 is 26.7 Å². The van der Waals surface area contributed by atoms with Gasteiger partial charge in [0.25, 0.3) is 5.91 Å². The molecule has 0 bridgehead atoms. The lowest BCUT2D eigenvalue weighted by Gasteiger charge is -2.18. The van der Waals surface area contributed by atoms with E-state index in [0.717, 1.165) is 28.5 Å². The van der Waals surface area contributed by atoms with Crippen LogP contribution in [0.3, 0.4) is 0 Å². The number of benzene rings is 2. The lowest BCUT2D eigenvalue weighted by molar-refractivity contribution is -0.123. The first-order valence-electron chi connectivity index (χ1n) is 11.6. The van der Waals surface area contributed by atoms with Crippen molar-refractivity contribution in [1.29, 1.82) is 0 Å². The van der Waals surface area contributed by atoms with Crippen molar-refractivity contribution in [1.82, 2.24) is 20.9 Å². The zero-order chi connectivity index (χ0) is 23.5. The summed E-state index contributed by atoms with van der Waals surface area (Å²) in [4.78, 5) is 28.2. The average Bonchev–Trinajstić information content (AvgIpc) is 3.43. The van der Waals surface area contributed by atoms with Crippen LogP contribution in [0.25, 0.3) is 22.0 Å². The third-order valence-electron chi connectivity index (χ3n) is 6.35. The van der Waals surface area contributed by atoms with Crippen LogP contribution in [0, 0.1) is 12.8 Å². The van der Waals surface area contributed by atoms with E-state index in [9.17, 15) is 9.59 Å². The molecule has 3 aromatic rings. The Hall–Kier alpha value is -3.16. The number of carbonyl (C=O) groups excluding carboxylic acids is 2. The molecular weight excluding hydrogens is 414 g/mol. The van der Waals surface area contributed by atoms with Crippen LogP contribution in [0.2, 0.25) is 0 Å². The quantitative estimate of drug-likeness (QED) is 0.383. The molecule has 2 aromatic carbocycles. The lowest BCUT2D eigenvalue weighted by Crippen LogP contribution is -2.48. The molecule has 2 heterocycles. The maximum atomic E-state index is 12.7. The van der Waals surface area contributed by atoms with Crippen LogP contribution in [-0.4, -0.2) is 48.0 Å². The molecule has 7 heteroatoms. The number of aryl methyl sites for hydroxylation is 1. The van der Waals surface area contributed by atoms with Gasteiger partial charge in [-0.2, -0.15) is 0 Å². The largest absolute Gasteiger partial charge is 0.351 e. The Morgan fingerprint density at radius 2 is 1.82 bits per heavy atom. The van der Waals surface area contributed by atoms with Gasteiger partial charge in [-0.3, -0.25) is 9.59 Å². The summed E-state index contributed by atoms with van der Waals surface area (Å²) in [6.45, 7) is 7.10. The minimum absolute atomic E-state index is 0.0254. The number of amides is 2. The SMILES string of the molecule is Cc1ccc(-c2ccc3cc(C(=O)NC[C@@H]4CC(NC(=O)[C@H](N)C(C)C)CN4)[nH]c3c2)cc1. The van der Waals surface area contributed by atoms with E-state index in [-0.39, 0.29) is 29.8 Å². The van der Waals surface area contributed by atoms with Gasteiger partial charge in [0.05, 0.1) is 6.04 Å². The summed E-state index contributed by atoms with van der Waals surface area (Å²) in [7, 11) is 0. The third-order valence-corrected chi connectivity index (χ3v) is 6.35. The van der Waals surface area contributed by atoms with Crippen molar-refractivity contribution in [2.75, 3.05) is 13.1 Å². The number of nitrogens with one attached hydrogen (secondary N) is 4. The highest BCUT2D eigenvalue weighted by atomic mass is 16.2. The molecule has 1 aromatic heterocycles. The maximum Gasteiger partial charge on any atom is 0.267 e. The summed E-state index contributed by atoms with van der Waals surface area (Å²) in [5.41, 5.74) is 10.9. The third kappa shape index (κ3) is 5.43. The second-order valence-electron chi connectivity index (χ2n) is 9.38. The van der Waals surface area contributed by atoms with Crippen molar-refractivity contribution in [3.05, 3.63) is 59.8 Å². The van der Waals surface area contributed by atoms with E-state index in [1.165, 1.54) is 5.56 Å². The van der Waals surface area contributed by atoms with Gasteiger partial charge in [-0.1, -0.05) is 55.8 Å². The topological polar surface area (TPSA) is 112 Å². The van der Waals surface area contributed by atoms with E-state index in [1.807, 2.05) is 26.0 Å². The molecular formula is C26H33N5O2. The highest BCUT2D eigenvalue weighted by Crippen LogP contribution is 2.25. The Bertz CT molecular complexity index is 1140. The van der Waals surface area contributed by atoms with Gasteiger partial charge in [0, 0.05) is 36.1 Å². The number of carbonyl (C=O) groups is 2. The van der Waals surface area contributed by atoms with Crippen molar-refractivity contribution in [2.45, 2.75) is 45.3 Å². The van der Waals surface area contributed by atoms with Gasteiger partial charge in [0.15, 0.2) is 0 Å². The summed E-state index contributed by atoms with van der Waals surface area (Å²) in [6, 6.07) is 16.1. The summed E-state index contributed by atoms with van der Waals surface area (Å²) < 4.78 is 0. The molecule has 174 valence electrons. The van der Waals surface area contributed by atoms with Gasteiger partial charge >= 0.3 is 0 Å². The van der Waals surface area contributed by atoms with E-state index in [4.69, 9.17) is 5.73 Å². The monoisotopic (exact) mass is 447 g/mol. The molecule has 33 heavy (non-hydrogen) atoms. The zero-order valence-electron chi connectivity index (χ0n) is 19.4. The zero-order valence-corrected chi connectivity index (χ0v) is 19.4.